The monoisotopic (exact) mass is 355 g/mol. The van der Waals surface area contributed by atoms with E-state index in [4.69, 9.17) is 15.4 Å². The zero-order valence-corrected chi connectivity index (χ0v) is 13.8. The molecule has 1 atom stereocenters. The number of carbonyl (C=O) groups excluding carboxylic acids is 1. The predicted molar refractivity (Wildman–Crippen MR) is 79.0 cm³/mol. The zero-order valence-electron chi connectivity index (χ0n) is 11.5. The highest BCUT2D eigenvalue weighted by Crippen LogP contribution is 2.29. The van der Waals surface area contributed by atoms with Crippen molar-refractivity contribution >= 4 is 41.2 Å². The Hall–Kier alpha value is -1.32. The maximum Gasteiger partial charge on any atom is 0.265 e. The summed E-state index contributed by atoms with van der Waals surface area (Å²) in [6, 6.07) is 3.77. The van der Waals surface area contributed by atoms with Gasteiger partial charge in [-0.15, -0.1) is 0 Å². The van der Waals surface area contributed by atoms with Crippen molar-refractivity contribution in [1.29, 1.82) is 0 Å². The number of rotatable bonds is 5. The topological polar surface area (TPSA) is 107 Å². The van der Waals surface area contributed by atoms with Crippen LogP contribution in [0.3, 0.4) is 0 Å². The largest absolute Gasteiger partial charge is 0.495 e. The summed E-state index contributed by atoms with van der Waals surface area (Å²) in [5, 5.41) is 1.05. The van der Waals surface area contributed by atoms with Crippen LogP contribution in [0.4, 0.5) is 5.69 Å². The molecule has 0 spiro atoms. The number of sulfone groups is 1. The predicted octanol–water partition coefficient (Wildman–Crippen LogP) is 0.994. The van der Waals surface area contributed by atoms with Gasteiger partial charge in [-0.05, 0) is 25.1 Å². The van der Waals surface area contributed by atoms with Gasteiger partial charge in [0.2, 0.25) is 5.91 Å². The molecule has 1 aromatic rings. The fourth-order valence-corrected chi connectivity index (χ4v) is 2.85. The van der Waals surface area contributed by atoms with Gasteiger partial charge in [0, 0.05) is 22.6 Å². The van der Waals surface area contributed by atoms with Gasteiger partial charge in [0.15, 0.2) is 9.84 Å². The molecule has 1 N–H and O–H groups in total. The summed E-state index contributed by atoms with van der Waals surface area (Å²) in [4.78, 5) is 11.4. The first-order valence-corrected chi connectivity index (χ1v) is 9.85. The molecular formula is C11H14ClNO6S2. The van der Waals surface area contributed by atoms with Gasteiger partial charge >= 0.3 is 0 Å². The summed E-state index contributed by atoms with van der Waals surface area (Å²) in [6.07, 6.45) is 0.930. The van der Waals surface area contributed by atoms with Crippen LogP contribution in [-0.2, 0) is 23.7 Å². The Morgan fingerprint density at radius 1 is 1.29 bits per heavy atom. The Kier molecular flexibility index (Phi) is 5.24. The third-order valence-electron chi connectivity index (χ3n) is 2.71. The molecule has 1 aromatic carbocycles. The number of anilines is 1. The number of carbonyl (C=O) groups is 1. The van der Waals surface area contributed by atoms with E-state index in [1.165, 1.54) is 26.2 Å². The number of benzene rings is 1. The van der Waals surface area contributed by atoms with E-state index in [-0.39, 0.29) is 16.3 Å². The molecule has 21 heavy (non-hydrogen) atoms. The van der Waals surface area contributed by atoms with Crippen LogP contribution in [0.2, 0.25) is 0 Å². The van der Waals surface area contributed by atoms with Crippen molar-refractivity contribution in [3.05, 3.63) is 18.2 Å². The number of hydrogen-bond acceptors (Lipinski definition) is 6. The quantitative estimate of drug-likeness (QED) is 0.789. The van der Waals surface area contributed by atoms with Gasteiger partial charge in [0.25, 0.3) is 9.05 Å². The van der Waals surface area contributed by atoms with E-state index in [1.54, 1.807) is 0 Å². The highest BCUT2D eigenvalue weighted by atomic mass is 35.7. The van der Waals surface area contributed by atoms with Gasteiger partial charge in [0.05, 0.1) is 7.11 Å². The van der Waals surface area contributed by atoms with Gasteiger partial charge in [-0.3, -0.25) is 4.79 Å². The molecular weight excluding hydrogens is 342 g/mol. The molecule has 0 radical (unpaired) electrons. The third kappa shape index (κ3) is 4.58. The molecule has 118 valence electrons. The van der Waals surface area contributed by atoms with Crippen LogP contribution >= 0.6 is 10.7 Å². The fourth-order valence-electron chi connectivity index (χ4n) is 1.38. The minimum atomic E-state index is -4.07. The number of nitrogens with one attached hydrogen (secondary N) is 1. The van der Waals surface area contributed by atoms with Crippen molar-refractivity contribution in [1.82, 2.24) is 0 Å². The van der Waals surface area contributed by atoms with E-state index < -0.39 is 30.0 Å². The molecule has 1 amide bonds. The summed E-state index contributed by atoms with van der Waals surface area (Å²) in [6.45, 7) is 1.23. The Labute approximate surface area is 127 Å². The molecule has 0 heterocycles. The molecule has 10 heteroatoms. The lowest BCUT2D eigenvalue weighted by molar-refractivity contribution is -0.115. The molecule has 0 saturated carbocycles. The number of amides is 1. The number of hydrogen-bond donors (Lipinski definition) is 1. The normalized spacial score (nSPS) is 13.5. The summed E-state index contributed by atoms with van der Waals surface area (Å²) >= 11 is 0. The van der Waals surface area contributed by atoms with Crippen LogP contribution in [0, 0.1) is 0 Å². The molecule has 0 aliphatic rings. The summed E-state index contributed by atoms with van der Waals surface area (Å²) < 4.78 is 50.3. The van der Waals surface area contributed by atoms with Crippen molar-refractivity contribution in [3.8, 4) is 5.75 Å². The van der Waals surface area contributed by atoms with Gasteiger partial charge < -0.3 is 10.1 Å². The number of halogens is 1. The second kappa shape index (κ2) is 6.20. The Morgan fingerprint density at radius 2 is 1.86 bits per heavy atom. The molecule has 0 aliphatic carbocycles. The standard InChI is InChI=1S/C11H14ClNO6S2/c1-7(20(3,15)16)11(14)13-8-4-5-9(19-2)10(6-8)21(12,17)18/h4-7H,1-3H3,(H,13,14). The zero-order chi connectivity index (χ0) is 16.4. The van der Waals surface area contributed by atoms with Crippen LogP contribution in [0.5, 0.6) is 5.75 Å². The average molecular weight is 356 g/mol. The first kappa shape index (κ1) is 17.7. The Bertz CT molecular complexity index is 757. The highest BCUT2D eigenvalue weighted by molar-refractivity contribution is 8.13. The van der Waals surface area contributed by atoms with E-state index in [9.17, 15) is 21.6 Å². The summed E-state index contributed by atoms with van der Waals surface area (Å²) in [7, 11) is -1.09. The third-order valence-corrected chi connectivity index (χ3v) is 5.55. The van der Waals surface area contributed by atoms with Gasteiger partial charge in [-0.2, -0.15) is 0 Å². The Morgan fingerprint density at radius 3 is 2.29 bits per heavy atom. The van der Waals surface area contributed by atoms with E-state index in [1.807, 2.05) is 0 Å². The van der Waals surface area contributed by atoms with E-state index in [0.717, 1.165) is 12.3 Å². The minimum absolute atomic E-state index is 0.0131. The number of ether oxygens (including phenoxy) is 1. The molecule has 1 unspecified atom stereocenters. The smallest absolute Gasteiger partial charge is 0.265 e. The molecule has 0 bridgehead atoms. The first-order chi connectivity index (χ1) is 9.46. The molecule has 0 aliphatic heterocycles. The highest BCUT2D eigenvalue weighted by Gasteiger charge is 2.24. The van der Waals surface area contributed by atoms with Crippen molar-refractivity contribution < 1.29 is 26.4 Å². The second-order valence-electron chi connectivity index (χ2n) is 4.26. The minimum Gasteiger partial charge on any atom is -0.495 e. The Balaban J connectivity index is 3.15. The molecule has 0 aromatic heterocycles. The molecule has 7 nitrogen and oxygen atoms in total. The molecule has 0 saturated heterocycles. The average Bonchev–Trinajstić information content (AvgIpc) is 2.35. The number of methoxy groups -OCH3 is 1. The van der Waals surface area contributed by atoms with E-state index >= 15 is 0 Å². The van der Waals surface area contributed by atoms with Gasteiger partial charge in [-0.25, -0.2) is 16.8 Å². The second-order valence-corrected chi connectivity index (χ2v) is 9.17. The SMILES string of the molecule is COc1ccc(NC(=O)C(C)S(C)(=O)=O)cc1S(=O)(=O)Cl. The van der Waals surface area contributed by atoms with Gasteiger partial charge in [-0.1, -0.05) is 0 Å². The molecule has 1 rings (SSSR count). The van der Waals surface area contributed by atoms with Crippen molar-refractivity contribution in [2.24, 2.45) is 0 Å². The van der Waals surface area contributed by atoms with Crippen molar-refractivity contribution in [3.63, 3.8) is 0 Å². The lowest BCUT2D eigenvalue weighted by atomic mass is 10.3. The first-order valence-electron chi connectivity index (χ1n) is 5.59. The van der Waals surface area contributed by atoms with Crippen molar-refractivity contribution in [2.75, 3.05) is 18.7 Å². The molecule has 0 fully saturated rings. The van der Waals surface area contributed by atoms with Crippen LogP contribution in [-0.4, -0.2) is 41.4 Å². The summed E-state index contributed by atoms with van der Waals surface area (Å²) in [5.74, 6) is -0.764. The van der Waals surface area contributed by atoms with Gasteiger partial charge in [0.1, 0.15) is 15.9 Å². The van der Waals surface area contributed by atoms with E-state index in [0.29, 0.717) is 0 Å². The summed E-state index contributed by atoms with van der Waals surface area (Å²) in [5.41, 5.74) is 0.0931. The maximum atomic E-state index is 11.8. The fraction of sp³-hybridized carbons (Fsp3) is 0.364. The lowest BCUT2D eigenvalue weighted by Crippen LogP contribution is -2.31. The van der Waals surface area contributed by atoms with Crippen LogP contribution in [0.15, 0.2) is 23.1 Å². The van der Waals surface area contributed by atoms with Crippen LogP contribution < -0.4 is 10.1 Å². The van der Waals surface area contributed by atoms with Crippen LogP contribution in [0.25, 0.3) is 0 Å². The van der Waals surface area contributed by atoms with Crippen LogP contribution in [0.1, 0.15) is 6.92 Å². The van der Waals surface area contributed by atoms with E-state index in [2.05, 4.69) is 5.32 Å². The van der Waals surface area contributed by atoms with Crippen molar-refractivity contribution in [2.45, 2.75) is 17.1 Å². The lowest BCUT2D eigenvalue weighted by Gasteiger charge is -2.12. The maximum absolute atomic E-state index is 11.8.